The molecule has 0 radical (unpaired) electrons. The van der Waals surface area contributed by atoms with Gasteiger partial charge in [0.25, 0.3) is 5.91 Å². The lowest BCUT2D eigenvalue weighted by molar-refractivity contribution is -0.122. The number of hydrogen-bond acceptors (Lipinski definition) is 7. The summed E-state index contributed by atoms with van der Waals surface area (Å²) in [6.07, 6.45) is 4.82. The van der Waals surface area contributed by atoms with Crippen LogP contribution in [0.15, 0.2) is 36.7 Å². The number of fused-ring (bicyclic) bond motifs is 1. The van der Waals surface area contributed by atoms with Crippen LogP contribution in [0.2, 0.25) is 0 Å². The lowest BCUT2D eigenvalue weighted by atomic mass is 9.85. The zero-order valence-corrected chi connectivity index (χ0v) is 18.7. The summed E-state index contributed by atoms with van der Waals surface area (Å²) in [4.78, 5) is 34.4. The van der Waals surface area contributed by atoms with Crippen LogP contribution in [0.4, 0.5) is 5.82 Å². The number of amides is 2. The first-order chi connectivity index (χ1) is 16.0. The molecule has 1 aliphatic heterocycles. The normalized spacial score (nSPS) is 21.6. The third-order valence-electron chi connectivity index (χ3n) is 6.56. The Bertz CT molecular complexity index is 976. The van der Waals surface area contributed by atoms with Gasteiger partial charge in [-0.15, -0.1) is 0 Å². The van der Waals surface area contributed by atoms with Crippen LogP contribution in [0.25, 0.3) is 0 Å². The number of carbonyl (C=O) groups excluding carboxylic acids is 2. The van der Waals surface area contributed by atoms with E-state index < -0.39 is 6.10 Å². The number of aliphatic hydroxyl groups is 1. The number of rotatable bonds is 8. The monoisotopic (exact) mass is 452 g/mol. The third kappa shape index (κ3) is 6.27. The minimum Gasteiger partial charge on any atom is -0.390 e. The molecule has 2 heterocycles. The first-order valence-electron chi connectivity index (χ1n) is 11.6. The molecule has 1 aromatic heterocycles. The van der Waals surface area contributed by atoms with E-state index in [2.05, 4.69) is 43.7 Å². The zero-order chi connectivity index (χ0) is 23.2. The van der Waals surface area contributed by atoms with E-state index in [0.29, 0.717) is 12.4 Å². The summed E-state index contributed by atoms with van der Waals surface area (Å²) in [5.74, 6) is -0.0613. The highest BCUT2D eigenvalue weighted by Gasteiger charge is 2.25. The van der Waals surface area contributed by atoms with E-state index in [9.17, 15) is 14.7 Å². The topological polar surface area (TPSA) is 133 Å². The molecule has 0 unspecified atom stereocenters. The first-order valence-corrected chi connectivity index (χ1v) is 11.6. The van der Waals surface area contributed by atoms with Crippen molar-refractivity contribution in [2.75, 3.05) is 25.0 Å². The predicted octanol–water partition coefficient (Wildman–Crippen LogP) is 1.08. The maximum Gasteiger partial charge on any atom is 0.270 e. The molecule has 1 fully saturated rings. The largest absolute Gasteiger partial charge is 0.390 e. The van der Waals surface area contributed by atoms with Gasteiger partial charge in [0.05, 0.1) is 6.10 Å². The van der Waals surface area contributed by atoms with Crippen molar-refractivity contribution in [1.29, 1.82) is 0 Å². The van der Waals surface area contributed by atoms with Crippen molar-refractivity contribution in [3.8, 4) is 0 Å². The molecule has 9 heteroatoms. The minimum absolute atomic E-state index is 0.0547. The smallest absolute Gasteiger partial charge is 0.270 e. The molecule has 176 valence electrons. The van der Waals surface area contributed by atoms with Crippen LogP contribution in [0.5, 0.6) is 0 Å². The molecule has 2 amide bonds. The van der Waals surface area contributed by atoms with E-state index in [1.807, 2.05) is 6.07 Å². The Hall–Kier alpha value is -3.04. The van der Waals surface area contributed by atoms with Crippen molar-refractivity contribution in [3.05, 3.63) is 53.5 Å². The predicted molar refractivity (Wildman–Crippen MR) is 124 cm³/mol. The van der Waals surface area contributed by atoms with Gasteiger partial charge in [-0.2, -0.15) is 0 Å². The van der Waals surface area contributed by atoms with Gasteiger partial charge in [-0.1, -0.05) is 24.3 Å². The molecule has 2 aliphatic rings. The molecule has 5 N–H and O–H groups in total. The van der Waals surface area contributed by atoms with Gasteiger partial charge in [0, 0.05) is 44.2 Å². The molecule has 33 heavy (non-hydrogen) atoms. The van der Waals surface area contributed by atoms with Gasteiger partial charge < -0.3 is 21.5 Å². The number of nitrogens with one attached hydrogen (secondary N) is 2. The summed E-state index contributed by atoms with van der Waals surface area (Å²) >= 11 is 0. The Morgan fingerprint density at radius 1 is 1.15 bits per heavy atom. The second-order valence-electron chi connectivity index (χ2n) is 9.00. The quantitative estimate of drug-likeness (QED) is 0.471. The van der Waals surface area contributed by atoms with Crippen LogP contribution < -0.4 is 16.4 Å². The maximum absolute atomic E-state index is 12.6. The van der Waals surface area contributed by atoms with E-state index in [-0.39, 0.29) is 36.0 Å². The lowest BCUT2D eigenvalue weighted by Crippen LogP contribution is -2.42. The number of aromatic nitrogens is 2. The molecule has 4 rings (SSSR count). The van der Waals surface area contributed by atoms with E-state index in [1.165, 1.54) is 17.5 Å². The van der Waals surface area contributed by atoms with Crippen molar-refractivity contribution in [2.45, 2.75) is 50.8 Å². The van der Waals surface area contributed by atoms with E-state index in [0.717, 1.165) is 45.2 Å². The number of nitrogens with two attached hydrogens (primary N) is 1. The number of hydrogen-bond donors (Lipinski definition) is 4. The highest BCUT2D eigenvalue weighted by molar-refractivity contribution is 5.92. The van der Waals surface area contributed by atoms with Gasteiger partial charge in [0.1, 0.15) is 17.8 Å². The van der Waals surface area contributed by atoms with Gasteiger partial charge in [0.2, 0.25) is 5.91 Å². The summed E-state index contributed by atoms with van der Waals surface area (Å²) in [6.45, 7) is 2.35. The second-order valence-corrected chi connectivity index (χ2v) is 9.00. The van der Waals surface area contributed by atoms with Gasteiger partial charge in [0.15, 0.2) is 0 Å². The van der Waals surface area contributed by atoms with Crippen LogP contribution in [-0.4, -0.2) is 63.6 Å². The Balaban J connectivity index is 1.23. The van der Waals surface area contributed by atoms with Crippen molar-refractivity contribution >= 4 is 17.6 Å². The number of carbonyl (C=O) groups is 2. The number of primary amides is 1. The Kier molecular flexibility index (Phi) is 7.51. The molecule has 9 nitrogen and oxygen atoms in total. The van der Waals surface area contributed by atoms with Gasteiger partial charge >= 0.3 is 0 Å². The second kappa shape index (κ2) is 10.7. The molecule has 0 bridgehead atoms. The highest BCUT2D eigenvalue weighted by atomic mass is 16.3. The Morgan fingerprint density at radius 3 is 2.67 bits per heavy atom. The van der Waals surface area contributed by atoms with Crippen LogP contribution in [-0.2, 0) is 17.8 Å². The van der Waals surface area contributed by atoms with Gasteiger partial charge in [-0.3, -0.25) is 14.5 Å². The van der Waals surface area contributed by atoms with Crippen molar-refractivity contribution in [1.82, 2.24) is 20.2 Å². The van der Waals surface area contributed by atoms with Crippen LogP contribution >= 0.6 is 0 Å². The molecule has 1 saturated carbocycles. The Morgan fingerprint density at radius 2 is 1.91 bits per heavy atom. The fraction of sp³-hybridized carbons (Fsp3) is 0.500. The highest BCUT2D eigenvalue weighted by Crippen LogP contribution is 2.26. The average molecular weight is 453 g/mol. The number of nitrogens with zero attached hydrogens (tertiary/aromatic N) is 3. The fourth-order valence-electron chi connectivity index (χ4n) is 4.67. The standard InChI is InChI=1S/C24H32N6O3/c25-23(32)17-5-7-19(8-6-17)29-22-11-21(27-15-28-22)24(33)26-12-20(31)14-30-10-9-16-3-1-2-4-18(16)13-30/h1-4,11,15,17,19-20,31H,5-10,12-14H2,(H2,25,32)(H,26,33)(H,27,28,29)/t17-,19+,20-/m0/s1. The molecule has 2 aromatic rings. The molecule has 1 atom stereocenters. The molecule has 0 spiro atoms. The summed E-state index contributed by atoms with van der Waals surface area (Å²) in [5.41, 5.74) is 8.30. The number of anilines is 1. The molecule has 1 aromatic carbocycles. The van der Waals surface area contributed by atoms with Gasteiger partial charge in [-0.25, -0.2) is 9.97 Å². The van der Waals surface area contributed by atoms with E-state index >= 15 is 0 Å². The van der Waals surface area contributed by atoms with E-state index in [1.54, 1.807) is 6.07 Å². The molecule has 1 aliphatic carbocycles. The molecule has 0 saturated heterocycles. The first kappa shape index (κ1) is 23.1. The minimum atomic E-state index is -0.668. The SMILES string of the molecule is NC(=O)[C@H]1CC[C@@H](Nc2cc(C(=O)NC[C@H](O)CN3CCc4ccccc4C3)ncn2)CC1. The zero-order valence-electron chi connectivity index (χ0n) is 18.7. The van der Waals surface area contributed by atoms with Crippen molar-refractivity contribution in [2.24, 2.45) is 11.7 Å². The molecular formula is C24H32N6O3. The van der Waals surface area contributed by atoms with E-state index in [4.69, 9.17) is 5.73 Å². The Labute approximate surface area is 193 Å². The number of benzene rings is 1. The van der Waals surface area contributed by atoms with Crippen LogP contribution in [0, 0.1) is 5.92 Å². The number of β-amino-alcohol motifs (C(OH)–C–C–N with tert-alkyl or cyclic N) is 1. The number of aliphatic hydroxyl groups excluding tert-OH is 1. The van der Waals surface area contributed by atoms with Crippen LogP contribution in [0.1, 0.15) is 47.3 Å². The van der Waals surface area contributed by atoms with Gasteiger partial charge in [-0.05, 0) is 43.2 Å². The summed E-state index contributed by atoms with van der Waals surface area (Å²) in [5, 5.41) is 16.5. The summed E-state index contributed by atoms with van der Waals surface area (Å²) < 4.78 is 0. The lowest BCUT2D eigenvalue weighted by Gasteiger charge is -2.30. The van der Waals surface area contributed by atoms with Crippen molar-refractivity contribution < 1.29 is 14.7 Å². The summed E-state index contributed by atoms with van der Waals surface area (Å²) in [6, 6.07) is 10.2. The van der Waals surface area contributed by atoms with Crippen molar-refractivity contribution in [3.63, 3.8) is 0 Å². The average Bonchev–Trinajstić information content (AvgIpc) is 2.83. The fourth-order valence-corrected chi connectivity index (χ4v) is 4.67. The maximum atomic E-state index is 12.6. The summed E-state index contributed by atoms with van der Waals surface area (Å²) in [7, 11) is 0. The molecular weight excluding hydrogens is 420 g/mol. The van der Waals surface area contributed by atoms with Crippen LogP contribution in [0.3, 0.4) is 0 Å². The third-order valence-corrected chi connectivity index (χ3v) is 6.56.